The molecule has 0 spiro atoms. The van der Waals surface area contributed by atoms with Crippen molar-refractivity contribution in [1.82, 2.24) is 19.9 Å². The number of ether oxygens (including phenoxy) is 1. The van der Waals surface area contributed by atoms with E-state index in [0.717, 1.165) is 16.8 Å². The van der Waals surface area contributed by atoms with Crippen LogP contribution >= 0.6 is 0 Å². The van der Waals surface area contributed by atoms with E-state index in [1.54, 1.807) is 17.0 Å². The number of fused-ring (bicyclic) bond motifs is 1. The van der Waals surface area contributed by atoms with Crippen LogP contribution in [0.4, 0.5) is 9.18 Å². The van der Waals surface area contributed by atoms with Crippen LogP contribution in [-0.4, -0.2) is 31.6 Å². The summed E-state index contributed by atoms with van der Waals surface area (Å²) in [7, 11) is 0. The molecule has 29 heavy (non-hydrogen) atoms. The Bertz CT molecular complexity index is 1010. The zero-order valence-electron chi connectivity index (χ0n) is 16.7. The Kier molecular flexibility index (Phi) is 4.82. The van der Waals surface area contributed by atoms with E-state index in [1.807, 2.05) is 55.8 Å². The summed E-state index contributed by atoms with van der Waals surface area (Å²) in [6.07, 6.45) is -0.385. The number of carbonyl (C=O) groups is 1. The van der Waals surface area contributed by atoms with E-state index >= 15 is 0 Å². The molecule has 7 heteroatoms. The van der Waals surface area contributed by atoms with Crippen molar-refractivity contribution in [3.8, 4) is 11.3 Å². The van der Waals surface area contributed by atoms with E-state index in [-0.39, 0.29) is 18.0 Å². The summed E-state index contributed by atoms with van der Waals surface area (Å²) >= 11 is 0. The number of halogens is 1. The Morgan fingerprint density at radius 2 is 1.79 bits per heavy atom. The van der Waals surface area contributed by atoms with Crippen molar-refractivity contribution >= 4 is 6.09 Å². The molecular formula is C22H23FN4O2. The third-order valence-corrected chi connectivity index (χ3v) is 4.81. The van der Waals surface area contributed by atoms with Gasteiger partial charge in [-0.05, 0) is 50.6 Å². The summed E-state index contributed by atoms with van der Waals surface area (Å²) in [5.74, 6) is -0.311. The maximum atomic E-state index is 13.3. The van der Waals surface area contributed by atoms with Gasteiger partial charge in [-0.1, -0.05) is 35.5 Å². The minimum Gasteiger partial charge on any atom is -0.444 e. The Morgan fingerprint density at radius 3 is 2.45 bits per heavy atom. The molecule has 0 saturated carbocycles. The summed E-state index contributed by atoms with van der Waals surface area (Å²) in [6, 6.07) is 15.7. The summed E-state index contributed by atoms with van der Waals surface area (Å²) in [6.45, 7) is 6.31. The summed E-state index contributed by atoms with van der Waals surface area (Å²) in [5, 5.41) is 8.60. The minimum absolute atomic E-state index is 0.221. The molecule has 0 aliphatic carbocycles. The first-order valence-electron chi connectivity index (χ1n) is 9.55. The Balaban J connectivity index is 1.73. The van der Waals surface area contributed by atoms with Gasteiger partial charge in [0, 0.05) is 5.56 Å². The average Bonchev–Trinajstić information content (AvgIpc) is 3.10. The highest BCUT2D eigenvalue weighted by Gasteiger charge is 2.36. The van der Waals surface area contributed by atoms with Crippen molar-refractivity contribution in [2.75, 3.05) is 0 Å². The molecule has 2 aromatic carbocycles. The Hall–Kier alpha value is -3.22. The Morgan fingerprint density at radius 1 is 1.10 bits per heavy atom. The van der Waals surface area contributed by atoms with E-state index in [2.05, 4.69) is 10.3 Å². The number of nitrogens with zero attached hydrogens (tertiary/aromatic N) is 4. The predicted molar refractivity (Wildman–Crippen MR) is 106 cm³/mol. The van der Waals surface area contributed by atoms with Crippen LogP contribution in [0.2, 0.25) is 0 Å². The first kappa shape index (κ1) is 19.1. The molecule has 0 bridgehead atoms. The fraction of sp³-hybridized carbons (Fsp3) is 0.318. The van der Waals surface area contributed by atoms with E-state index in [1.165, 1.54) is 12.1 Å². The number of rotatable bonds is 2. The molecule has 150 valence electrons. The van der Waals surface area contributed by atoms with Crippen molar-refractivity contribution in [2.24, 2.45) is 0 Å². The minimum atomic E-state index is -0.603. The van der Waals surface area contributed by atoms with E-state index in [0.29, 0.717) is 18.8 Å². The van der Waals surface area contributed by atoms with E-state index in [4.69, 9.17) is 4.74 Å². The SMILES string of the molecule is CC(C)(C)OC(=O)N1Cc2c(-c3ccc(F)cc3)nnn2C[C@@H]1c1ccccc1. The van der Waals surface area contributed by atoms with Gasteiger partial charge in [0.05, 0.1) is 24.8 Å². The molecule has 1 atom stereocenters. The standard InChI is InChI=1S/C22H23FN4O2/c1-22(2,3)29-21(28)26-13-19-20(16-9-11-17(23)12-10-16)24-25-27(19)14-18(26)15-7-5-4-6-8-15/h4-12,18H,13-14H2,1-3H3/t18-/m1/s1. The van der Waals surface area contributed by atoms with Crippen LogP contribution in [0.15, 0.2) is 54.6 Å². The van der Waals surface area contributed by atoms with Crippen molar-refractivity contribution in [2.45, 2.75) is 45.5 Å². The third kappa shape index (κ3) is 3.99. The lowest BCUT2D eigenvalue weighted by Crippen LogP contribution is -2.43. The van der Waals surface area contributed by atoms with Crippen LogP contribution in [0, 0.1) is 5.82 Å². The van der Waals surface area contributed by atoms with Gasteiger partial charge in [0.1, 0.15) is 17.1 Å². The van der Waals surface area contributed by atoms with Crippen LogP contribution in [0.3, 0.4) is 0 Å². The fourth-order valence-electron chi connectivity index (χ4n) is 3.47. The number of benzene rings is 2. The number of hydrogen-bond donors (Lipinski definition) is 0. The average molecular weight is 394 g/mol. The quantitative estimate of drug-likeness (QED) is 0.639. The third-order valence-electron chi connectivity index (χ3n) is 4.81. The van der Waals surface area contributed by atoms with Crippen LogP contribution in [0.1, 0.15) is 38.1 Å². The van der Waals surface area contributed by atoms with Crippen LogP contribution in [0.5, 0.6) is 0 Å². The maximum Gasteiger partial charge on any atom is 0.411 e. The fourth-order valence-corrected chi connectivity index (χ4v) is 3.47. The lowest BCUT2D eigenvalue weighted by molar-refractivity contribution is 0.00631. The molecule has 0 radical (unpaired) electrons. The van der Waals surface area contributed by atoms with Gasteiger partial charge in [-0.3, -0.25) is 4.90 Å². The molecule has 1 amide bonds. The first-order chi connectivity index (χ1) is 13.8. The highest BCUT2D eigenvalue weighted by atomic mass is 19.1. The normalized spacial score (nSPS) is 16.4. The monoisotopic (exact) mass is 394 g/mol. The van der Waals surface area contributed by atoms with Crippen LogP contribution < -0.4 is 0 Å². The van der Waals surface area contributed by atoms with Gasteiger partial charge in [-0.15, -0.1) is 5.10 Å². The topological polar surface area (TPSA) is 60.2 Å². The lowest BCUT2D eigenvalue weighted by Gasteiger charge is -2.37. The zero-order chi connectivity index (χ0) is 20.6. The van der Waals surface area contributed by atoms with Gasteiger partial charge < -0.3 is 4.74 Å². The summed E-state index contributed by atoms with van der Waals surface area (Å²) < 4.78 is 20.8. The van der Waals surface area contributed by atoms with Gasteiger partial charge in [-0.2, -0.15) is 0 Å². The highest BCUT2D eigenvalue weighted by Crippen LogP contribution is 2.34. The number of carbonyl (C=O) groups excluding carboxylic acids is 1. The van der Waals surface area contributed by atoms with Gasteiger partial charge in [-0.25, -0.2) is 13.9 Å². The smallest absolute Gasteiger partial charge is 0.411 e. The molecular weight excluding hydrogens is 371 g/mol. The predicted octanol–water partition coefficient (Wildman–Crippen LogP) is 4.58. The van der Waals surface area contributed by atoms with Gasteiger partial charge >= 0.3 is 6.09 Å². The maximum absolute atomic E-state index is 13.3. The first-order valence-corrected chi connectivity index (χ1v) is 9.55. The molecule has 4 rings (SSSR count). The molecule has 0 fully saturated rings. The molecule has 0 N–H and O–H groups in total. The Labute approximate surface area is 168 Å². The molecule has 6 nitrogen and oxygen atoms in total. The van der Waals surface area contributed by atoms with Crippen molar-refractivity contribution in [3.63, 3.8) is 0 Å². The van der Waals surface area contributed by atoms with Crippen LogP contribution in [0.25, 0.3) is 11.3 Å². The summed E-state index contributed by atoms with van der Waals surface area (Å²) in [4.78, 5) is 14.7. The molecule has 1 aliphatic rings. The molecule has 2 heterocycles. The second-order valence-corrected chi connectivity index (χ2v) is 8.11. The highest BCUT2D eigenvalue weighted by molar-refractivity contribution is 5.70. The molecule has 1 aromatic heterocycles. The zero-order valence-corrected chi connectivity index (χ0v) is 16.7. The van der Waals surface area contributed by atoms with Crippen molar-refractivity contribution in [1.29, 1.82) is 0 Å². The lowest BCUT2D eigenvalue weighted by atomic mass is 10.0. The van der Waals surface area contributed by atoms with Crippen molar-refractivity contribution in [3.05, 3.63) is 71.7 Å². The van der Waals surface area contributed by atoms with E-state index in [9.17, 15) is 9.18 Å². The van der Waals surface area contributed by atoms with Crippen LogP contribution in [-0.2, 0) is 17.8 Å². The van der Waals surface area contributed by atoms with Gasteiger partial charge in [0.25, 0.3) is 0 Å². The molecule has 0 saturated heterocycles. The number of aromatic nitrogens is 3. The summed E-state index contributed by atoms with van der Waals surface area (Å²) in [5.41, 5.74) is 2.60. The van der Waals surface area contributed by atoms with E-state index < -0.39 is 5.60 Å². The largest absolute Gasteiger partial charge is 0.444 e. The number of amides is 1. The second kappa shape index (κ2) is 7.31. The second-order valence-electron chi connectivity index (χ2n) is 8.11. The van der Waals surface area contributed by atoms with Gasteiger partial charge in [0.15, 0.2) is 0 Å². The van der Waals surface area contributed by atoms with Crippen molar-refractivity contribution < 1.29 is 13.9 Å². The molecule has 1 aliphatic heterocycles. The van der Waals surface area contributed by atoms with Gasteiger partial charge in [0.2, 0.25) is 0 Å². The number of hydrogen-bond acceptors (Lipinski definition) is 4. The molecule has 3 aromatic rings. The molecule has 0 unspecified atom stereocenters.